The summed E-state index contributed by atoms with van der Waals surface area (Å²) in [6.45, 7) is 2.14. The van der Waals surface area contributed by atoms with Gasteiger partial charge in [-0.05, 0) is 29.7 Å². The maximum atomic E-state index is 13.8. The molecule has 158 valence electrons. The van der Waals surface area contributed by atoms with Crippen LogP contribution in [0.2, 0.25) is 0 Å². The van der Waals surface area contributed by atoms with Gasteiger partial charge in [0.05, 0.1) is 25.0 Å². The minimum atomic E-state index is -4.49. The molecule has 2 aromatic heterocycles. The predicted octanol–water partition coefficient (Wildman–Crippen LogP) is 4.63. The molecule has 9 heteroatoms. The van der Waals surface area contributed by atoms with Crippen LogP contribution < -0.4 is 10.6 Å². The number of hydrogen-bond acceptors (Lipinski definition) is 4. The molecule has 6 nitrogen and oxygen atoms in total. The lowest BCUT2D eigenvalue weighted by Crippen LogP contribution is -2.36. The Bertz CT molecular complexity index is 1010. The fraction of sp³-hybridized carbons (Fsp3) is 0.333. The average Bonchev–Trinajstić information content (AvgIpc) is 3.40. The second-order valence-electron chi connectivity index (χ2n) is 7.20. The summed E-state index contributed by atoms with van der Waals surface area (Å²) in [5, 5.41) is 9.62. The molecule has 4 rings (SSSR count). The zero-order valence-corrected chi connectivity index (χ0v) is 16.2. The highest BCUT2D eigenvalue weighted by Gasteiger charge is 2.47. The van der Waals surface area contributed by atoms with Crippen LogP contribution in [0.1, 0.15) is 52.7 Å². The van der Waals surface area contributed by atoms with Crippen molar-refractivity contribution in [2.75, 3.05) is 5.32 Å². The van der Waals surface area contributed by atoms with E-state index < -0.39 is 24.2 Å². The SMILES string of the molecule is CCc1ccc([C@@H]2C[C@H](C(F)(F)F)n3ncc(C(=O)NCc4ccco4)c3N2)cc1. The Morgan fingerprint density at radius 1 is 1.30 bits per heavy atom. The van der Waals surface area contributed by atoms with E-state index in [1.807, 2.05) is 31.2 Å². The summed E-state index contributed by atoms with van der Waals surface area (Å²) in [5.41, 5.74) is 1.89. The van der Waals surface area contributed by atoms with Gasteiger partial charge >= 0.3 is 6.18 Å². The average molecular weight is 418 g/mol. The summed E-state index contributed by atoms with van der Waals surface area (Å²) in [4.78, 5) is 12.6. The summed E-state index contributed by atoms with van der Waals surface area (Å²) in [6, 6.07) is 8.43. The summed E-state index contributed by atoms with van der Waals surface area (Å²) < 4.78 is 47.3. The lowest BCUT2D eigenvalue weighted by Gasteiger charge is -2.34. The molecule has 30 heavy (non-hydrogen) atoms. The van der Waals surface area contributed by atoms with Crippen molar-refractivity contribution in [3.63, 3.8) is 0 Å². The second kappa shape index (κ2) is 7.89. The van der Waals surface area contributed by atoms with Gasteiger partial charge in [-0.3, -0.25) is 4.79 Å². The first-order valence-electron chi connectivity index (χ1n) is 9.67. The number of rotatable bonds is 5. The smallest absolute Gasteiger partial charge is 0.410 e. The maximum absolute atomic E-state index is 13.8. The maximum Gasteiger partial charge on any atom is 0.410 e. The molecule has 0 spiro atoms. The highest BCUT2D eigenvalue weighted by atomic mass is 19.4. The van der Waals surface area contributed by atoms with Gasteiger partial charge in [-0.2, -0.15) is 18.3 Å². The molecular weight excluding hydrogens is 397 g/mol. The Kier molecular flexibility index (Phi) is 5.27. The summed E-state index contributed by atoms with van der Waals surface area (Å²) in [5.74, 6) is 0.0764. The van der Waals surface area contributed by atoms with Crippen molar-refractivity contribution < 1.29 is 22.4 Å². The van der Waals surface area contributed by atoms with Gasteiger partial charge < -0.3 is 15.1 Å². The molecule has 3 aromatic rings. The largest absolute Gasteiger partial charge is 0.467 e. The van der Waals surface area contributed by atoms with Gasteiger partial charge in [-0.25, -0.2) is 4.68 Å². The molecule has 1 amide bonds. The summed E-state index contributed by atoms with van der Waals surface area (Å²) in [6.07, 6.45) is -1.21. The van der Waals surface area contributed by atoms with Crippen LogP contribution in [0, 0.1) is 0 Å². The van der Waals surface area contributed by atoms with Crippen molar-refractivity contribution in [2.24, 2.45) is 0 Å². The number of aryl methyl sites for hydroxylation is 1. The van der Waals surface area contributed by atoms with E-state index in [2.05, 4.69) is 15.7 Å². The van der Waals surface area contributed by atoms with Crippen LogP contribution in [-0.4, -0.2) is 21.9 Å². The summed E-state index contributed by atoms with van der Waals surface area (Å²) >= 11 is 0. The highest BCUT2D eigenvalue weighted by molar-refractivity contribution is 5.98. The quantitative estimate of drug-likeness (QED) is 0.634. The molecule has 2 atom stereocenters. The van der Waals surface area contributed by atoms with Gasteiger partial charge in [0, 0.05) is 6.42 Å². The number of nitrogens with zero attached hydrogens (tertiary/aromatic N) is 2. The van der Waals surface area contributed by atoms with Crippen LogP contribution in [0.25, 0.3) is 0 Å². The summed E-state index contributed by atoms with van der Waals surface area (Å²) in [7, 11) is 0. The van der Waals surface area contributed by atoms with E-state index in [0.29, 0.717) is 5.76 Å². The van der Waals surface area contributed by atoms with Crippen LogP contribution in [0.15, 0.2) is 53.3 Å². The monoisotopic (exact) mass is 418 g/mol. The van der Waals surface area contributed by atoms with Crippen molar-refractivity contribution in [1.29, 1.82) is 0 Å². The Hall–Kier alpha value is -3.23. The minimum absolute atomic E-state index is 0.0603. The molecule has 1 aliphatic rings. The first-order chi connectivity index (χ1) is 14.4. The number of nitrogens with one attached hydrogen (secondary N) is 2. The third-order valence-corrected chi connectivity index (χ3v) is 5.28. The molecule has 3 heterocycles. The van der Waals surface area contributed by atoms with E-state index in [9.17, 15) is 18.0 Å². The number of carbonyl (C=O) groups is 1. The zero-order chi connectivity index (χ0) is 21.3. The van der Waals surface area contributed by atoms with Gasteiger partial charge in [0.1, 0.15) is 17.1 Å². The Balaban J connectivity index is 1.63. The third kappa shape index (κ3) is 3.92. The zero-order valence-electron chi connectivity index (χ0n) is 16.2. The molecule has 2 N–H and O–H groups in total. The van der Waals surface area contributed by atoms with Crippen molar-refractivity contribution in [1.82, 2.24) is 15.1 Å². The number of hydrogen-bond donors (Lipinski definition) is 2. The molecule has 0 saturated carbocycles. The van der Waals surface area contributed by atoms with E-state index in [-0.39, 0.29) is 24.3 Å². The number of alkyl halides is 3. The van der Waals surface area contributed by atoms with Gasteiger partial charge in [0.15, 0.2) is 6.04 Å². The van der Waals surface area contributed by atoms with E-state index in [1.54, 1.807) is 12.1 Å². The van der Waals surface area contributed by atoms with Crippen molar-refractivity contribution in [2.45, 2.75) is 44.6 Å². The molecule has 0 unspecified atom stereocenters. The number of aromatic nitrogens is 2. The normalized spacial score (nSPS) is 18.5. The van der Waals surface area contributed by atoms with Crippen molar-refractivity contribution in [3.05, 3.63) is 71.3 Å². The van der Waals surface area contributed by atoms with Gasteiger partial charge in [-0.15, -0.1) is 0 Å². The van der Waals surface area contributed by atoms with Crippen LogP contribution in [0.5, 0.6) is 0 Å². The lowest BCUT2D eigenvalue weighted by molar-refractivity contribution is -0.173. The Labute approximate surface area is 171 Å². The number of amides is 1. The fourth-order valence-electron chi connectivity index (χ4n) is 3.61. The second-order valence-corrected chi connectivity index (χ2v) is 7.20. The molecule has 0 fully saturated rings. The molecule has 0 radical (unpaired) electrons. The number of halogens is 3. The standard InChI is InChI=1S/C21H21F3N4O2/c1-2-13-5-7-14(8-6-13)17-10-18(21(22,23)24)28-19(27-17)16(12-26-28)20(29)25-11-15-4-3-9-30-15/h3-9,12,17-18,27H,2,10-11H2,1H3,(H,25,29)/t17-,18+/m0/s1. The highest BCUT2D eigenvalue weighted by Crippen LogP contribution is 2.44. The van der Waals surface area contributed by atoms with E-state index in [1.165, 1.54) is 12.5 Å². The minimum Gasteiger partial charge on any atom is -0.467 e. The number of carbonyl (C=O) groups excluding carboxylic acids is 1. The van der Waals surface area contributed by atoms with E-state index in [0.717, 1.165) is 22.2 Å². The van der Waals surface area contributed by atoms with Crippen LogP contribution in [-0.2, 0) is 13.0 Å². The first kappa shape index (κ1) is 20.1. The molecule has 1 aliphatic heterocycles. The fourth-order valence-corrected chi connectivity index (χ4v) is 3.61. The molecule has 0 aliphatic carbocycles. The number of anilines is 1. The Morgan fingerprint density at radius 3 is 2.70 bits per heavy atom. The molecule has 0 saturated heterocycles. The van der Waals surface area contributed by atoms with Crippen LogP contribution >= 0.6 is 0 Å². The van der Waals surface area contributed by atoms with Crippen LogP contribution in [0.3, 0.4) is 0 Å². The van der Waals surface area contributed by atoms with Crippen molar-refractivity contribution >= 4 is 11.7 Å². The molecular formula is C21H21F3N4O2. The van der Waals surface area contributed by atoms with Gasteiger partial charge in [0.25, 0.3) is 5.91 Å². The van der Waals surface area contributed by atoms with E-state index in [4.69, 9.17) is 4.42 Å². The van der Waals surface area contributed by atoms with Gasteiger partial charge in [-0.1, -0.05) is 31.2 Å². The number of furan rings is 1. The predicted molar refractivity (Wildman–Crippen MR) is 104 cm³/mol. The topological polar surface area (TPSA) is 72.1 Å². The van der Waals surface area contributed by atoms with E-state index >= 15 is 0 Å². The first-order valence-corrected chi connectivity index (χ1v) is 9.67. The molecule has 0 bridgehead atoms. The third-order valence-electron chi connectivity index (χ3n) is 5.28. The van der Waals surface area contributed by atoms with Crippen LogP contribution in [0.4, 0.5) is 19.0 Å². The Morgan fingerprint density at radius 2 is 2.07 bits per heavy atom. The van der Waals surface area contributed by atoms with Gasteiger partial charge in [0.2, 0.25) is 0 Å². The number of benzene rings is 1. The molecule has 1 aromatic carbocycles. The number of fused-ring (bicyclic) bond motifs is 1. The lowest BCUT2D eigenvalue weighted by atomic mass is 9.95. The van der Waals surface area contributed by atoms with Crippen molar-refractivity contribution in [3.8, 4) is 0 Å².